The lowest BCUT2D eigenvalue weighted by Crippen LogP contribution is -2.39. The smallest absolute Gasteiger partial charge is 0.276 e. The predicted octanol–water partition coefficient (Wildman–Crippen LogP) is 4.49. The molecule has 3 N–H and O–H groups in total. The van der Waals surface area contributed by atoms with Crippen molar-refractivity contribution in [1.29, 1.82) is 0 Å². The molecule has 1 aliphatic rings. The van der Waals surface area contributed by atoms with Gasteiger partial charge in [0.25, 0.3) is 11.8 Å². The molecule has 1 aliphatic heterocycles. The van der Waals surface area contributed by atoms with Crippen molar-refractivity contribution in [3.05, 3.63) is 113 Å². The molecule has 0 atom stereocenters. The molecular weight excluding hydrogens is 504 g/mol. The van der Waals surface area contributed by atoms with Gasteiger partial charge in [-0.2, -0.15) is 0 Å². The van der Waals surface area contributed by atoms with E-state index in [1.807, 2.05) is 34.9 Å². The molecule has 0 bridgehead atoms. The van der Waals surface area contributed by atoms with Crippen molar-refractivity contribution >= 4 is 40.7 Å². The van der Waals surface area contributed by atoms with Crippen molar-refractivity contribution in [3.63, 3.8) is 0 Å². The minimum absolute atomic E-state index is 0.140. The largest absolute Gasteiger partial charge is 0.357 e. The van der Waals surface area contributed by atoms with Gasteiger partial charge in [0.05, 0.1) is 22.9 Å². The highest BCUT2D eigenvalue weighted by molar-refractivity contribution is 6.34. The monoisotopic (exact) mass is 528 g/mol. The number of H-pyrrole nitrogens is 1. The Bertz CT molecular complexity index is 1510. The first-order valence-corrected chi connectivity index (χ1v) is 12.4. The molecule has 0 radical (unpaired) electrons. The molecular formula is C28H25ClN6O3. The Balaban J connectivity index is 1.45. The topological polar surface area (TPSA) is 112 Å². The maximum absolute atomic E-state index is 13.5. The molecule has 10 heteroatoms. The lowest BCUT2D eigenvalue weighted by molar-refractivity contribution is -0.111. The van der Waals surface area contributed by atoms with Crippen molar-refractivity contribution in [3.8, 4) is 0 Å². The van der Waals surface area contributed by atoms with Crippen LogP contribution in [0.4, 0.5) is 11.4 Å². The maximum Gasteiger partial charge on any atom is 0.276 e. The number of halogens is 1. The molecule has 0 fully saturated rings. The number of rotatable bonds is 7. The molecule has 0 unspecified atom stereocenters. The second-order valence-electron chi connectivity index (χ2n) is 8.79. The lowest BCUT2D eigenvalue weighted by atomic mass is 10.1. The second-order valence-corrected chi connectivity index (χ2v) is 9.20. The van der Waals surface area contributed by atoms with Crippen LogP contribution in [0.15, 0.2) is 79.5 Å². The van der Waals surface area contributed by atoms with Crippen LogP contribution in [-0.4, -0.2) is 43.7 Å². The van der Waals surface area contributed by atoms with E-state index in [1.54, 1.807) is 41.4 Å². The van der Waals surface area contributed by atoms with Crippen LogP contribution in [0, 0.1) is 0 Å². The molecule has 38 heavy (non-hydrogen) atoms. The average Bonchev–Trinajstić information content (AvgIpc) is 3.59. The molecule has 2 aromatic carbocycles. The Kier molecular flexibility index (Phi) is 7.10. The van der Waals surface area contributed by atoms with E-state index < -0.39 is 11.8 Å². The standard InChI is InChI=1S/C28H25ClN6O3/c1-2-25(36)32-22-16-19(10-11-20(22)29)31-27(37)26-23-17-34(28(38)21-9-6-12-30-21)13-14-35(23)24(33-26)15-18-7-4-3-5-8-18/h2-12,16,30H,1,13-15,17H2,(H,31,37)(H,32,36). The van der Waals surface area contributed by atoms with E-state index in [9.17, 15) is 14.4 Å². The lowest BCUT2D eigenvalue weighted by Gasteiger charge is -2.29. The number of aromatic nitrogens is 3. The van der Waals surface area contributed by atoms with Gasteiger partial charge in [0.15, 0.2) is 5.69 Å². The van der Waals surface area contributed by atoms with Gasteiger partial charge in [0.2, 0.25) is 5.91 Å². The normalized spacial score (nSPS) is 12.5. The van der Waals surface area contributed by atoms with E-state index in [1.165, 1.54) is 0 Å². The van der Waals surface area contributed by atoms with Gasteiger partial charge < -0.3 is 25.1 Å². The summed E-state index contributed by atoms with van der Waals surface area (Å²) in [6, 6.07) is 18.2. The van der Waals surface area contributed by atoms with E-state index in [4.69, 9.17) is 16.6 Å². The van der Waals surface area contributed by atoms with E-state index >= 15 is 0 Å². The zero-order valence-corrected chi connectivity index (χ0v) is 21.2. The number of benzene rings is 2. The number of anilines is 2. The molecule has 0 saturated heterocycles. The summed E-state index contributed by atoms with van der Waals surface area (Å²) in [5, 5.41) is 5.80. The summed E-state index contributed by atoms with van der Waals surface area (Å²) >= 11 is 6.20. The van der Waals surface area contributed by atoms with Crippen LogP contribution in [0.3, 0.4) is 0 Å². The molecule has 9 nitrogen and oxygen atoms in total. The van der Waals surface area contributed by atoms with Crippen LogP contribution < -0.4 is 10.6 Å². The first kappa shape index (κ1) is 25.0. The van der Waals surface area contributed by atoms with Crippen molar-refractivity contribution in [2.75, 3.05) is 17.2 Å². The fourth-order valence-electron chi connectivity index (χ4n) is 4.42. The molecule has 2 aromatic heterocycles. The van der Waals surface area contributed by atoms with Gasteiger partial charge in [0.1, 0.15) is 11.5 Å². The number of imidazole rings is 1. The highest BCUT2D eigenvalue weighted by Crippen LogP contribution is 2.27. The van der Waals surface area contributed by atoms with E-state index in [0.717, 1.165) is 17.5 Å². The number of fused-ring (bicyclic) bond motifs is 1. The Labute approximate surface area is 224 Å². The summed E-state index contributed by atoms with van der Waals surface area (Å²) < 4.78 is 2.03. The number of hydrogen-bond donors (Lipinski definition) is 3. The molecule has 0 spiro atoms. The van der Waals surface area contributed by atoms with Crippen LogP contribution in [0.5, 0.6) is 0 Å². The van der Waals surface area contributed by atoms with Crippen LogP contribution in [0.2, 0.25) is 5.02 Å². The summed E-state index contributed by atoms with van der Waals surface area (Å²) in [4.78, 5) is 47.7. The fraction of sp³-hybridized carbons (Fsp3) is 0.143. The minimum atomic E-state index is -0.425. The van der Waals surface area contributed by atoms with Crippen molar-refractivity contribution in [1.82, 2.24) is 19.4 Å². The van der Waals surface area contributed by atoms with Gasteiger partial charge in [0, 0.05) is 31.4 Å². The van der Waals surface area contributed by atoms with E-state index in [0.29, 0.717) is 47.3 Å². The molecule has 3 heterocycles. The average molecular weight is 529 g/mol. The number of nitrogens with zero attached hydrogens (tertiary/aromatic N) is 3. The maximum atomic E-state index is 13.5. The predicted molar refractivity (Wildman–Crippen MR) is 145 cm³/mol. The number of nitrogens with one attached hydrogen (secondary N) is 3. The fourth-order valence-corrected chi connectivity index (χ4v) is 4.58. The number of amides is 3. The Morgan fingerprint density at radius 1 is 1.05 bits per heavy atom. The number of hydrogen-bond acceptors (Lipinski definition) is 4. The van der Waals surface area contributed by atoms with E-state index in [2.05, 4.69) is 22.2 Å². The van der Waals surface area contributed by atoms with Crippen LogP contribution in [-0.2, 0) is 24.3 Å². The van der Waals surface area contributed by atoms with Gasteiger partial charge in [-0.25, -0.2) is 4.98 Å². The third-order valence-electron chi connectivity index (χ3n) is 6.29. The third-order valence-corrected chi connectivity index (χ3v) is 6.62. The minimum Gasteiger partial charge on any atom is -0.357 e. The highest BCUT2D eigenvalue weighted by atomic mass is 35.5. The molecule has 0 saturated carbocycles. The first-order valence-electron chi connectivity index (χ1n) is 12.0. The summed E-state index contributed by atoms with van der Waals surface area (Å²) in [7, 11) is 0. The second kappa shape index (κ2) is 10.8. The zero-order chi connectivity index (χ0) is 26.6. The Hall–Kier alpha value is -4.63. The Morgan fingerprint density at radius 3 is 2.61 bits per heavy atom. The van der Waals surface area contributed by atoms with Gasteiger partial charge in [-0.1, -0.05) is 48.5 Å². The molecule has 5 rings (SSSR count). The van der Waals surface area contributed by atoms with Gasteiger partial charge in [-0.15, -0.1) is 0 Å². The van der Waals surface area contributed by atoms with Crippen LogP contribution in [0.1, 0.15) is 38.1 Å². The summed E-state index contributed by atoms with van der Waals surface area (Å²) in [6.07, 6.45) is 3.38. The van der Waals surface area contributed by atoms with Gasteiger partial charge in [-0.05, 0) is 42.0 Å². The summed E-state index contributed by atoms with van der Waals surface area (Å²) in [5.41, 5.74) is 3.23. The summed E-state index contributed by atoms with van der Waals surface area (Å²) in [5.74, 6) is -0.237. The SMILES string of the molecule is C=CC(=O)Nc1cc(NC(=O)c2nc(Cc3ccccc3)n3c2CN(C(=O)c2ccc[nH]2)CC3)ccc1Cl. The Morgan fingerprint density at radius 2 is 1.87 bits per heavy atom. The molecule has 192 valence electrons. The van der Waals surface area contributed by atoms with Gasteiger partial charge >= 0.3 is 0 Å². The number of aromatic amines is 1. The first-order chi connectivity index (χ1) is 18.4. The molecule has 0 aliphatic carbocycles. The van der Waals surface area contributed by atoms with Gasteiger partial charge in [-0.3, -0.25) is 14.4 Å². The van der Waals surface area contributed by atoms with Crippen molar-refractivity contribution in [2.45, 2.75) is 19.5 Å². The number of carbonyl (C=O) groups is 3. The third kappa shape index (κ3) is 5.23. The van der Waals surface area contributed by atoms with Crippen molar-refractivity contribution < 1.29 is 14.4 Å². The molecule has 4 aromatic rings. The molecule has 3 amide bonds. The quantitative estimate of drug-likeness (QED) is 0.307. The van der Waals surface area contributed by atoms with Crippen LogP contribution >= 0.6 is 11.6 Å². The summed E-state index contributed by atoms with van der Waals surface area (Å²) in [6.45, 7) is 4.69. The van der Waals surface area contributed by atoms with Crippen LogP contribution in [0.25, 0.3) is 0 Å². The zero-order valence-electron chi connectivity index (χ0n) is 20.4. The van der Waals surface area contributed by atoms with E-state index in [-0.39, 0.29) is 18.1 Å². The number of carbonyl (C=O) groups excluding carboxylic acids is 3. The van der Waals surface area contributed by atoms with Crippen molar-refractivity contribution in [2.24, 2.45) is 0 Å². The highest BCUT2D eigenvalue weighted by Gasteiger charge is 2.30.